The number of amides is 1. The first kappa shape index (κ1) is 20.2. The number of halogens is 1. The van der Waals surface area contributed by atoms with Crippen LogP contribution >= 0.6 is 12.4 Å². The standard InChI is InChI=1S/C16H26N4O3S.ClH/c1-18-13-14(24(22,23)20-9-3-2-4-10-20)12-15(18)16(21)19-8-5-6-17-7-11-19;/h12-13,17H,2-11H2,1H3;1H. The number of sulfonamides is 1. The molecule has 0 saturated carbocycles. The molecule has 0 radical (unpaired) electrons. The lowest BCUT2D eigenvalue weighted by Crippen LogP contribution is -2.35. The first-order valence-corrected chi connectivity index (χ1v) is 10.1. The third-order valence-electron chi connectivity index (χ3n) is 4.78. The fourth-order valence-electron chi connectivity index (χ4n) is 3.35. The lowest BCUT2D eigenvalue weighted by Gasteiger charge is -2.25. The van der Waals surface area contributed by atoms with Crippen LogP contribution in [0.1, 0.15) is 36.2 Å². The molecule has 1 aromatic heterocycles. The molecule has 2 saturated heterocycles. The fourth-order valence-corrected chi connectivity index (χ4v) is 4.94. The van der Waals surface area contributed by atoms with Gasteiger partial charge in [0.15, 0.2) is 0 Å². The molecular weight excluding hydrogens is 364 g/mol. The Morgan fingerprint density at radius 3 is 2.48 bits per heavy atom. The minimum absolute atomic E-state index is 0. The number of piperidine rings is 1. The molecule has 0 aromatic carbocycles. The van der Waals surface area contributed by atoms with Crippen LogP contribution in [-0.2, 0) is 17.1 Å². The number of carbonyl (C=O) groups is 1. The molecule has 142 valence electrons. The Labute approximate surface area is 155 Å². The van der Waals surface area contributed by atoms with Gasteiger partial charge < -0.3 is 14.8 Å². The highest BCUT2D eigenvalue weighted by molar-refractivity contribution is 7.89. The van der Waals surface area contributed by atoms with Crippen molar-refractivity contribution in [3.05, 3.63) is 18.0 Å². The van der Waals surface area contributed by atoms with E-state index in [-0.39, 0.29) is 23.2 Å². The molecule has 7 nitrogen and oxygen atoms in total. The molecule has 2 aliphatic rings. The van der Waals surface area contributed by atoms with E-state index in [1.54, 1.807) is 22.7 Å². The van der Waals surface area contributed by atoms with Crippen LogP contribution in [0.5, 0.6) is 0 Å². The number of carbonyl (C=O) groups excluding carboxylic acids is 1. The Kier molecular flexibility index (Phi) is 6.90. The summed E-state index contributed by atoms with van der Waals surface area (Å²) in [7, 11) is -1.77. The lowest BCUT2D eigenvalue weighted by molar-refractivity contribution is 0.0757. The maximum absolute atomic E-state index is 12.8. The quantitative estimate of drug-likeness (QED) is 0.837. The second-order valence-corrected chi connectivity index (χ2v) is 8.47. The smallest absolute Gasteiger partial charge is 0.270 e. The highest BCUT2D eigenvalue weighted by atomic mass is 35.5. The molecule has 0 spiro atoms. The molecule has 9 heteroatoms. The summed E-state index contributed by atoms with van der Waals surface area (Å²) in [5.41, 5.74) is 0.437. The highest BCUT2D eigenvalue weighted by Gasteiger charge is 2.29. The largest absolute Gasteiger partial charge is 0.345 e. The number of hydrogen-bond acceptors (Lipinski definition) is 4. The van der Waals surface area contributed by atoms with Gasteiger partial charge in [0.25, 0.3) is 5.91 Å². The SMILES string of the molecule is Cl.Cn1cc(S(=O)(=O)N2CCCCC2)cc1C(=O)N1CCCNCC1. The van der Waals surface area contributed by atoms with Crippen LogP contribution < -0.4 is 5.32 Å². The van der Waals surface area contributed by atoms with Crippen molar-refractivity contribution in [2.75, 3.05) is 39.3 Å². The molecule has 25 heavy (non-hydrogen) atoms. The summed E-state index contributed by atoms with van der Waals surface area (Å²) < 4.78 is 28.7. The van der Waals surface area contributed by atoms with Gasteiger partial charge in [-0.25, -0.2) is 8.42 Å². The minimum Gasteiger partial charge on any atom is -0.345 e. The average Bonchev–Trinajstić information content (AvgIpc) is 2.81. The van der Waals surface area contributed by atoms with Gasteiger partial charge in [-0.1, -0.05) is 6.42 Å². The zero-order valence-corrected chi connectivity index (χ0v) is 16.2. The van der Waals surface area contributed by atoms with Crippen LogP contribution in [0, 0.1) is 0 Å². The maximum atomic E-state index is 12.8. The predicted octanol–water partition coefficient (Wildman–Crippen LogP) is 1.06. The Morgan fingerprint density at radius 1 is 1.04 bits per heavy atom. The van der Waals surface area contributed by atoms with Crippen LogP contribution in [-0.4, -0.2) is 67.4 Å². The van der Waals surface area contributed by atoms with E-state index in [1.807, 2.05) is 0 Å². The van der Waals surface area contributed by atoms with E-state index in [1.165, 1.54) is 10.4 Å². The van der Waals surface area contributed by atoms with Crippen LogP contribution in [0.15, 0.2) is 17.2 Å². The van der Waals surface area contributed by atoms with Crippen molar-refractivity contribution >= 4 is 28.3 Å². The third kappa shape index (κ3) is 4.36. The topological polar surface area (TPSA) is 74.7 Å². The number of rotatable bonds is 3. The summed E-state index contributed by atoms with van der Waals surface area (Å²) in [5.74, 6) is -0.0960. The van der Waals surface area contributed by atoms with Crippen molar-refractivity contribution < 1.29 is 13.2 Å². The van der Waals surface area contributed by atoms with Crippen LogP contribution in [0.2, 0.25) is 0 Å². The van der Waals surface area contributed by atoms with Gasteiger partial charge in [-0.15, -0.1) is 12.4 Å². The van der Waals surface area contributed by atoms with Crippen molar-refractivity contribution in [1.82, 2.24) is 19.1 Å². The zero-order chi connectivity index (χ0) is 17.2. The van der Waals surface area contributed by atoms with E-state index in [2.05, 4.69) is 5.32 Å². The first-order chi connectivity index (χ1) is 11.5. The number of nitrogens with zero attached hydrogens (tertiary/aromatic N) is 3. The molecular formula is C16H27ClN4O3S. The maximum Gasteiger partial charge on any atom is 0.270 e. The van der Waals surface area contributed by atoms with Gasteiger partial charge in [0, 0.05) is 46.0 Å². The first-order valence-electron chi connectivity index (χ1n) is 8.66. The van der Waals surface area contributed by atoms with Gasteiger partial charge in [0.1, 0.15) is 10.6 Å². The van der Waals surface area contributed by atoms with Gasteiger partial charge in [0.05, 0.1) is 0 Å². The molecule has 1 aromatic rings. The Balaban J connectivity index is 0.00000225. The van der Waals surface area contributed by atoms with Crippen LogP contribution in [0.4, 0.5) is 0 Å². The molecule has 2 fully saturated rings. The second kappa shape index (κ2) is 8.53. The molecule has 1 amide bonds. The predicted molar refractivity (Wildman–Crippen MR) is 98.7 cm³/mol. The van der Waals surface area contributed by atoms with Crippen molar-refractivity contribution in [3.8, 4) is 0 Å². The van der Waals surface area contributed by atoms with E-state index in [9.17, 15) is 13.2 Å². The van der Waals surface area contributed by atoms with Gasteiger partial charge in [-0.05, 0) is 31.9 Å². The van der Waals surface area contributed by atoms with E-state index in [4.69, 9.17) is 0 Å². The Morgan fingerprint density at radius 2 is 1.76 bits per heavy atom. The van der Waals surface area contributed by atoms with E-state index in [0.717, 1.165) is 38.8 Å². The van der Waals surface area contributed by atoms with Gasteiger partial charge in [0.2, 0.25) is 10.0 Å². The summed E-state index contributed by atoms with van der Waals surface area (Å²) in [5, 5.41) is 3.27. The summed E-state index contributed by atoms with van der Waals surface area (Å²) in [6.07, 6.45) is 5.35. The lowest BCUT2D eigenvalue weighted by atomic mass is 10.2. The summed E-state index contributed by atoms with van der Waals surface area (Å²) >= 11 is 0. The number of aromatic nitrogens is 1. The van der Waals surface area contributed by atoms with Crippen LogP contribution in [0.3, 0.4) is 0 Å². The summed E-state index contributed by atoms with van der Waals surface area (Å²) in [6, 6.07) is 1.53. The van der Waals surface area contributed by atoms with Crippen molar-refractivity contribution in [3.63, 3.8) is 0 Å². The van der Waals surface area contributed by atoms with Crippen molar-refractivity contribution in [2.45, 2.75) is 30.6 Å². The van der Waals surface area contributed by atoms with E-state index < -0.39 is 10.0 Å². The van der Waals surface area contributed by atoms with Gasteiger partial charge in [-0.3, -0.25) is 4.79 Å². The Hall–Kier alpha value is -1.09. The molecule has 3 heterocycles. The normalized spacial score (nSPS) is 20.0. The molecule has 0 aliphatic carbocycles. The fraction of sp³-hybridized carbons (Fsp3) is 0.688. The van der Waals surface area contributed by atoms with E-state index in [0.29, 0.717) is 31.9 Å². The Bertz CT molecular complexity index is 690. The number of hydrogen-bond donors (Lipinski definition) is 1. The molecule has 1 N–H and O–H groups in total. The molecule has 2 aliphatic heterocycles. The second-order valence-electron chi connectivity index (χ2n) is 6.53. The zero-order valence-electron chi connectivity index (χ0n) is 14.6. The number of nitrogens with one attached hydrogen (secondary N) is 1. The van der Waals surface area contributed by atoms with E-state index >= 15 is 0 Å². The van der Waals surface area contributed by atoms with Gasteiger partial charge >= 0.3 is 0 Å². The molecule has 0 bridgehead atoms. The van der Waals surface area contributed by atoms with Crippen molar-refractivity contribution in [1.29, 1.82) is 0 Å². The third-order valence-corrected chi connectivity index (χ3v) is 6.64. The molecule has 0 atom stereocenters. The summed E-state index contributed by atoms with van der Waals surface area (Å²) in [4.78, 5) is 14.8. The van der Waals surface area contributed by atoms with Crippen LogP contribution in [0.25, 0.3) is 0 Å². The van der Waals surface area contributed by atoms with Gasteiger partial charge in [-0.2, -0.15) is 4.31 Å². The summed E-state index contributed by atoms with van der Waals surface area (Å²) in [6.45, 7) is 4.17. The monoisotopic (exact) mass is 390 g/mol. The number of aryl methyl sites for hydroxylation is 1. The molecule has 0 unspecified atom stereocenters. The minimum atomic E-state index is -3.51. The highest BCUT2D eigenvalue weighted by Crippen LogP contribution is 2.23. The van der Waals surface area contributed by atoms with Crippen molar-refractivity contribution in [2.24, 2.45) is 7.05 Å². The molecule has 3 rings (SSSR count). The average molecular weight is 391 g/mol.